The maximum Gasteiger partial charge on any atom is 0.115 e. The van der Waals surface area contributed by atoms with Crippen LogP contribution >= 0.6 is 0 Å². The van der Waals surface area contributed by atoms with Crippen molar-refractivity contribution in [2.45, 2.75) is 47.0 Å². The number of hydrogen-bond acceptors (Lipinski definition) is 1. The van der Waals surface area contributed by atoms with Crippen LogP contribution in [0.5, 0.6) is 0 Å². The van der Waals surface area contributed by atoms with Gasteiger partial charge in [-0.1, -0.05) is 49.8 Å². The van der Waals surface area contributed by atoms with Crippen LogP contribution in [0.1, 0.15) is 47.0 Å². The Morgan fingerprint density at radius 2 is 1.79 bits per heavy atom. The van der Waals surface area contributed by atoms with E-state index in [9.17, 15) is 0 Å². The number of ether oxygens (including phenoxy) is 1. The van der Waals surface area contributed by atoms with Crippen molar-refractivity contribution in [3.63, 3.8) is 0 Å². The Labute approximate surface area is 119 Å². The van der Waals surface area contributed by atoms with Gasteiger partial charge >= 0.3 is 0 Å². The molecule has 0 radical (unpaired) electrons. The van der Waals surface area contributed by atoms with Crippen LogP contribution in [0.25, 0.3) is 0 Å². The zero-order valence-electron chi connectivity index (χ0n) is 13.1. The quantitative estimate of drug-likeness (QED) is 0.400. The van der Waals surface area contributed by atoms with E-state index in [-0.39, 0.29) is 0 Å². The third kappa shape index (κ3) is 8.25. The molecule has 0 aromatic heterocycles. The summed E-state index contributed by atoms with van der Waals surface area (Å²) in [5, 5.41) is 0. The second kappa shape index (κ2) is 11.6. The lowest BCUT2D eigenvalue weighted by Gasteiger charge is -2.05. The standard InChI is InChI=1S/C18H28O/c1-6-10-12-16(8-3)13-14-18(19-5)15-17(9-4)11-7-2/h6-7,10-12,14-15H,8-9,13H2,1-5H3/b10-6-,11-7-,16-12+,17-15-,18-14?. The Morgan fingerprint density at radius 1 is 1.05 bits per heavy atom. The first-order chi connectivity index (χ1) is 9.21. The van der Waals surface area contributed by atoms with Crippen molar-refractivity contribution in [2.24, 2.45) is 0 Å². The van der Waals surface area contributed by atoms with Gasteiger partial charge in [0.2, 0.25) is 0 Å². The molecule has 19 heavy (non-hydrogen) atoms. The summed E-state index contributed by atoms with van der Waals surface area (Å²) in [6.45, 7) is 8.41. The van der Waals surface area contributed by atoms with E-state index >= 15 is 0 Å². The van der Waals surface area contributed by atoms with Crippen molar-refractivity contribution < 1.29 is 4.74 Å². The van der Waals surface area contributed by atoms with Crippen LogP contribution in [-0.4, -0.2) is 7.11 Å². The summed E-state index contributed by atoms with van der Waals surface area (Å²) in [4.78, 5) is 0. The molecule has 0 aromatic carbocycles. The van der Waals surface area contributed by atoms with Crippen molar-refractivity contribution >= 4 is 0 Å². The molecule has 0 amide bonds. The predicted octanol–water partition coefficient (Wildman–Crippen LogP) is 5.73. The third-order valence-corrected chi connectivity index (χ3v) is 2.90. The molecular formula is C18H28O. The topological polar surface area (TPSA) is 9.23 Å². The van der Waals surface area contributed by atoms with Gasteiger partial charge in [-0.2, -0.15) is 0 Å². The first-order valence-electron chi connectivity index (χ1n) is 7.09. The minimum Gasteiger partial charge on any atom is -0.497 e. The predicted molar refractivity (Wildman–Crippen MR) is 86.1 cm³/mol. The number of allylic oxidation sites excluding steroid dienone is 9. The van der Waals surface area contributed by atoms with E-state index in [1.54, 1.807) is 7.11 Å². The van der Waals surface area contributed by atoms with Crippen molar-refractivity contribution in [2.75, 3.05) is 7.11 Å². The van der Waals surface area contributed by atoms with Crippen LogP contribution in [0.4, 0.5) is 0 Å². The van der Waals surface area contributed by atoms with E-state index in [4.69, 9.17) is 4.74 Å². The highest BCUT2D eigenvalue weighted by atomic mass is 16.5. The molecule has 0 spiro atoms. The van der Waals surface area contributed by atoms with Crippen molar-refractivity contribution in [3.8, 4) is 0 Å². The molecule has 1 heteroatoms. The molecule has 106 valence electrons. The molecule has 0 atom stereocenters. The smallest absolute Gasteiger partial charge is 0.115 e. The average Bonchev–Trinajstić information content (AvgIpc) is 2.45. The van der Waals surface area contributed by atoms with E-state index in [0.29, 0.717) is 0 Å². The molecule has 0 aliphatic carbocycles. The highest BCUT2D eigenvalue weighted by Crippen LogP contribution is 2.14. The van der Waals surface area contributed by atoms with E-state index in [2.05, 4.69) is 56.4 Å². The van der Waals surface area contributed by atoms with E-state index in [1.165, 1.54) is 11.1 Å². The van der Waals surface area contributed by atoms with E-state index in [1.807, 2.05) is 13.8 Å². The number of hydrogen-bond donors (Lipinski definition) is 0. The van der Waals surface area contributed by atoms with Crippen LogP contribution in [0, 0.1) is 0 Å². The van der Waals surface area contributed by atoms with E-state index in [0.717, 1.165) is 25.0 Å². The summed E-state index contributed by atoms with van der Waals surface area (Å²) in [5.74, 6) is 0.940. The molecular weight excluding hydrogens is 232 g/mol. The number of rotatable bonds is 8. The summed E-state index contributed by atoms with van der Waals surface area (Å²) in [6.07, 6.45) is 17.8. The Kier molecular flexibility index (Phi) is 10.7. The lowest BCUT2D eigenvalue weighted by atomic mass is 10.1. The van der Waals surface area contributed by atoms with Gasteiger partial charge in [0.1, 0.15) is 5.76 Å². The first-order valence-corrected chi connectivity index (χ1v) is 7.09. The summed E-state index contributed by atoms with van der Waals surface area (Å²) in [7, 11) is 1.73. The second-order valence-electron chi connectivity index (χ2n) is 4.29. The van der Waals surface area contributed by atoms with Gasteiger partial charge in [0.15, 0.2) is 0 Å². The maximum absolute atomic E-state index is 5.43. The lowest BCUT2D eigenvalue weighted by Crippen LogP contribution is -1.87. The molecule has 0 bridgehead atoms. The summed E-state index contributed by atoms with van der Waals surface area (Å²) in [5.41, 5.74) is 2.69. The average molecular weight is 260 g/mol. The van der Waals surface area contributed by atoms with Gasteiger partial charge in [-0.25, -0.2) is 0 Å². The third-order valence-electron chi connectivity index (χ3n) is 2.90. The maximum atomic E-state index is 5.43. The SMILES string of the molecule is C/C=C\C=C(/CC)CC=C(/C=C(\C=C/C)CC)OC. The summed E-state index contributed by atoms with van der Waals surface area (Å²) < 4.78 is 5.43. The summed E-state index contributed by atoms with van der Waals surface area (Å²) in [6, 6.07) is 0. The minimum atomic E-state index is 0.938. The fraction of sp³-hybridized carbons (Fsp3) is 0.444. The molecule has 0 N–H and O–H groups in total. The molecule has 0 rings (SSSR count). The molecule has 1 nitrogen and oxygen atoms in total. The Balaban J connectivity index is 4.89. The second-order valence-corrected chi connectivity index (χ2v) is 4.29. The highest BCUT2D eigenvalue weighted by Gasteiger charge is 1.96. The molecule has 0 aliphatic rings. The van der Waals surface area contributed by atoms with Gasteiger partial charge in [0, 0.05) is 0 Å². The zero-order valence-corrected chi connectivity index (χ0v) is 13.1. The molecule has 0 heterocycles. The Morgan fingerprint density at radius 3 is 2.26 bits per heavy atom. The van der Waals surface area contributed by atoms with Crippen LogP contribution in [0.2, 0.25) is 0 Å². The lowest BCUT2D eigenvalue weighted by molar-refractivity contribution is 0.305. The van der Waals surface area contributed by atoms with Crippen molar-refractivity contribution in [1.29, 1.82) is 0 Å². The molecule has 0 saturated heterocycles. The Hall–Kier alpha value is -1.50. The van der Waals surface area contributed by atoms with Gasteiger partial charge in [-0.3, -0.25) is 0 Å². The van der Waals surface area contributed by atoms with Gasteiger partial charge in [-0.05, 0) is 50.8 Å². The van der Waals surface area contributed by atoms with Gasteiger partial charge < -0.3 is 4.74 Å². The van der Waals surface area contributed by atoms with Crippen LogP contribution in [-0.2, 0) is 4.74 Å². The minimum absolute atomic E-state index is 0.938. The summed E-state index contributed by atoms with van der Waals surface area (Å²) >= 11 is 0. The fourth-order valence-electron chi connectivity index (χ4n) is 1.66. The van der Waals surface area contributed by atoms with Crippen LogP contribution < -0.4 is 0 Å². The van der Waals surface area contributed by atoms with E-state index < -0.39 is 0 Å². The van der Waals surface area contributed by atoms with Gasteiger partial charge in [0.25, 0.3) is 0 Å². The molecule has 0 aromatic rings. The fourth-order valence-corrected chi connectivity index (χ4v) is 1.66. The van der Waals surface area contributed by atoms with Crippen molar-refractivity contribution in [1.82, 2.24) is 0 Å². The van der Waals surface area contributed by atoms with Crippen LogP contribution in [0.3, 0.4) is 0 Å². The molecule has 0 unspecified atom stereocenters. The Bertz CT molecular complexity index is 378. The normalized spacial score (nSPS) is 14.7. The number of methoxy groups -OCH3 is 1. The largest absolute Gasteiger partial charge is 0.497 e. The van der Waals surface area contributed by atoms with Gasteiger partial charge in [0.05, 0.1) is 7.11 Å². The highest BCUT2D eigenvalue weighted by molar-refractivity contribution is 5.28. The monoisotopic (exact) mass is 260 g/mol. The molecule has 0 fully saturated rings. The van der Waals surface area contributed by atoms with Crippen molar-refractivity contribution in [3.05, 3.63) is 59.4 Å². The van der Waals surface area contributed by atoms with Gasteiger partial charge in [-0.15, -0.1) is 0 Å². The molecule has 0 saturated carbocycles. The first kappa shape index (κ1) is 17.5. The zero-order chi connectivity index (χ0) is 14.5. The molecule has 0 aliphatic heterocycles. The van der Waals surface area contributed by atoms with Crippen LogP contribution in [0.15, 0.2) is 59.4 Å².